The minimum Gasteiger partial charge on any atom is -0.488 e. The van der Waals surface area contributed by atoms with Crippen LogP contribution >= 0.6 is 11.3 Å². The smallest absolute Gasteiger partial charge is 0.308 e. The van der Waals surface area contributed by atoms with E-state index >= 15 is 0 Å². The van der Waals surface area contributed by atoms with Crippen molar-refractivity contribution in [1.82, 2.24) is 9.38 Å². The Morgan fingerprint density at radius 1 is 1.13 bits per heavy atom. The van der Waals surface area contributed by atoms with Crippen molar-refractivity contribution in [2.24, 2.45) is 0 Å². The van der Waals surface area contributed by atoms with Gasteiger partial charge in [-0.05, 0) is 28.7 Å². The van der Waals surface area contributed by atoms with Crippen LogP contribution in [0.1, 0.15) is 36.8 Å². The summed E-state index contributed by atoms with van der Waals surface area (Å²) in [5.74, 6) is -0.0578. The summed E-state index contributed by atoms with van der Waals surface area (Å²) in [5, 5.41) is 9.02. The molecule has 6 heteroatoms. The van der Waals surface area contributed by atoms with Crippen LogP contribution in [0, 0.1) is 0 Å². The van der Waals surface area contributed by atoms with Crippen molar-refractivity contribution >= 4 is 22.3 Å². The first kappa shape index (κ1) is 20.2. The maximum absolute atomic E-state index is 11.0. The van der Waals surface area contributed by atoms with Crippen molar-refractivity contribution < 1.29 is 14.6 Å². The van der Waals surface area contributed by atoms with E-state index in [1.54, 1.807) is 0 Å². The van der Waals surface area contributed by atoms with Gasteiger partial charge in [-0.2, -0.15) is 0 Å². The normalized spacial score (nSPS) is 11.7. The summed E-state index contributed by atoms with van der Waals surface area (Å²) in [6.45, 7) is 7.02. The topological polar surface area (TPSA) is 63.8 Å². The minimum absolute atomic E-state index is 0.00150. The molecule has 0 radical (unpaired) electrons. The molecule has 0 aliphatic heterocycles. The third-order valence-electron chi connectivity index (χ3n) is 4.89. The second-order valence-corrected chi connectivity index (χ2v) is 9.41. The number of carboxylic acids is 1. The molecule has 2 aromatic carbocycles. The number of ether oxygens (including phenoxy) is 1. The third-order valence-corrected chi connectivity index (χ3v) is 5.88. The number of aliphatic carboxylic acids is 1. The van der Waals surface area contributed by atoms with Gasteiger partial charge in [0.1, 0.15) is 12.4 Å². The molecule has 0 aliphatic rings. The molecule has 0 amide bonds. The number of thiazole rings is 1. The van der Waals surface area contributed by atoms with Gasteiger partial charge < -0.3 is 9.84 Å². The maximum Gasteiger partial charge on any atom is 0.308 e. The summed E-state index contributed by atoms with van der Waals surface area (Å²) in [4.78, 5) is 17.3. The molecule has 0 saturated carbocycles. The largest absolute Gasteiger partial charge is 0.488 e. The second kappa shape index (κ2) is 7.95. The lowest BCUT2D eigenvalue weighted by Crippen LogP contribution is -2.11. The highest BCUT2D eigenvalue weighted by Gasteiger charge is 2.19. The number of carboxylic acid groups (broad SMARTS) is 1. The molecule has 0 spiro atoms. The quantitative estimate of drug-likeness (QED) is 0.443. The zero-order valence-corrected chi connectivity index (χ0v) is 18.1. The third kappa shape index (κ3) is 4.39. The molecule has 4 rings (SSSR count). The van der Waals surface area contributed by atoms with Crippen molar-refractivity contribution in [2.45, 2.75) is 39.2 Å². The van der Waals surface area contributed by atoms with Crippen molar-refractivity contribution in [3.05, 3.63) is 76.9 Å². The van der Waals surface area contributed by atoms with E-state index in [0.717, 1.165) is 32.4 Å². The van der Waals surface area contributed by atoms with Crippen LogP contribution < -0.4 is 4.74 Å². The lowest BCUT2D eigenvalue weighted by atomic mass is 9.86. The van der Waals surface area contributed by atoms with Crippen LogP contribution in [-0.2, 0) is 23.2 Å². The fourth-order valence-electron chi connectivity index (χ4n) is 3.26. The predicted octanol–water partition coefficient (Wildman–Crippen LogP) is 5.57. The molecular formula is C24H24N2O3S. The summed E-state index contributed by atoms with van der Waals surface area (Å²) in [6.07, 6.45) is 3.78. The summed E-state index contributed by atoms with van der Waals surface area (Å²) < 4.78 is 8.06. The molecule has 4 aromatic rings. The van der Waals surface area contributed by atoms with Gasteiger partial charge in [0.2, 0.25) is 0 Å². The van der Waals surface area contributed by atoms with E-state index in [0.29, 0.717) is 6.61 Å². The standard InChI is InChI=1S/C24H24N2O3S/c1-24(2,3)17-9-10-21(29-15-16-7-5-4-6-8-16)19(11-17)20-14-26-13-18(12-22(27)28)30-23(26)25-20/h4-11,13-14H,12,15H2,1-3H3,(H,27,28). The van der Waals surface area contributed by atoms with Gasteiger partial charge in [-0.3, -0.25) is 9.20 Å². The van der Waals surface area contributed by atoms with Gasteiger partial charge in [0.05, 0.1) is 12.1 Å². The Hall–Kier alpha value is -3.12. The van der Waals surface area contributed by atoms with Gasteiger partial charge in [-0.15, -0.1) is 11.3 Å². The lowest BCUT2D eigenvalue weighted by molar-refractivity contribution is -0.136. The van der Waals surface area contributed by atoms with Crippen molar-refractivity contribution in [3.63, 3.8) is 0 Å². The predicted molar refractivity (Wildman–Crippen MR) is 119 cm³/mol. The van der Waals surface area contributed by atoms with Crippen LogP contribution in [-0.4, -0.2) is 20.5 Å². The molecule has 0 aliphatic carbocycles. The Morgan fingerprint density at radius 2 is 1.90 bits per heavy atom. The van der Waals surface area contributed by atoms with Crippen LogP contribution in [0.25, 0.3) is 16.2 Å². The Morgan fingerprint density at radius 3 is 2.57 bits per heavy atom. The number of fused-ring (bicyclic) bond motifs is 1. The average molecular weight is 421 g/mol. The van der Waals surface area contributed by atoms with Gasteiger partial charge in [0, 0.05) is 22.8 Å². The lowest BCUT2D eigenvalue weighted by Gasteiger charge is -2.21. The zero-order chi connectivity index (χ0) is 21.3. The second-order valence-electron chi connectivity index (χ2n) is 8.32. The molecule has 1 N–H and O–H groups in total. The number of hydrogen-bond acceptors (Lipinski definition) is 4. The average Bonchev–Trinajstić information content (AvgIpc) is 3.24. The number of benzene rings is 2. The number of aromatic nitrogens is 2. The van der Waals surface area contributed by atoms with E-state index in [1.807, 2.05) is 53.2 Å². The zero-order valence-electron chi connectivity index (χ0n) is 17.3. The Labute approximate surface area is 179 Å². The monoisotopic (exact) mass is 420 g/mol. The fourth-order valence-corrected chi connectivity index (χ4v) is 4.21. The van der Waals surface area contributed by atoms with E-state index in [-0.39, 0.29) is 11.8 Å². The number of rotatable bonds is 6. The number of nitrogens with zero attached hydrogens (tertiary/aromatic N) is 2. The van der Waals surface area contributed by atoms with Crippen molar-refractivity contribution in [1.29, 1.82) is 0 Å². The van der Waals surface area contributed by atoms with Crippen LogP contribution in [0.15, 0.2) is 60.9 Å². The van der Waals surface area contributed by atoms with Crippen LogP contribution in [0.2, 0.25) is 0 Å². The summed E-state index contributed by atoms with van der Waals surface area (Å²) in [5.41, 5.74) is 4.06. The summed E-state index contributed by atoms with van der Waals surface area (Å²) in [7, 11) is 0. The highest BCUT2D eigenvalue weighted by atomic mass is 32.1. The molecule has 30 heavy (non-hydrogen) atoms. The summed E-state index contributed by atoms with van der Waals surface area (Å²) in [6, 6.07) is 16.3. The van der Waals surface area contributed by atoms with Crippen molar-refractivity contribution in [3.8, 4) is 17.0 Å². The van der Waals surface area contributed by atoms with E-state index in [9.17, 15) is 4.79 Å². The minimum atomic E-state index is -0.839. The molecule has 0 saturated heterocycles. The molecule has 0 bridgehead atoms. The summed E-state index contributed by atoms with van der Waals surface area (Å²) >= 11 is 1.40. The van der Waals surface area contributed by atoms with Gasteiger partial charge in [-0.25, -0.2) is 4.98 Å². The van der Waals surface area contributed by atoms with Crippen LogP contribution in [0.3, 0.4) is 0 Å². The van der Waals surface area contributed by atoms with E-state index in [1.165, 1.54) is 16.9 Å². The molecule has 2 heterocycles. The maximum atomic E-state index is 11.0. The molecule has 5 nitrogen and oxygen atoms in total. The SMILES string of the molecule is CC(C)(C)c1ccc(OCc2ccccc2)c(-c2cn3cc(CC(=O)O)sc3n2)c1. The molecule has 2 aromatic heterocycles. The molecule has 0 fully saturated rings. The Kier molecular flexibility index (Phi) is 5.35. The number of imidazole rings is 1. The molecule has 0 unspecified atom stereocenters. The number of carbonyl (C=O) groups is 1. The first-order chi connectivity index (χ1) is 14.3. The van der Waals surface area contributed by atoms with E-state index < -0.39 is 5.97 Å². The Bertz CT molecular complexity index is 1150. The number of hydrogen-bond donors (Lipinski definition) is 1. The van der Waals surface area contributed by atoms with Gasteiger partial charge in [0.15, 0.2) is 4.96 Å². The fraction of sp³-hybridized carbons (Fsp3) is 0.250. The van der Waals surface area contributed by atoms with E-state index in [4.69, 9.17) is 14.8 Å². The first-order valence-corrected chi connectivity index (χ1v) is 10.6. The van der Waals surface area contributed by atoms with Gasteiger partial charge in [-0.1, -0.05) is 57.2 Å². The highest BCUT2D eigenvalue weighted by molar-refractivity contribution is 7.17. The van der Waals surface area contributed by atoms with Crippen LogP contribution in [0.5, 0.6) is 5.75 Å². The Balaban J connectivity index is 1.70. The van der Waals surface area contributed by atoms with Crippen LogP contribution in [0.4, 0.5) is 0 Å². The first-order valence-electron chi connectivity index (χ1n) is 9.80. The van der Waals surface area contributed by atoms with Gasteiger partial charge in [0.25, 0.3) is 0 Å². The van der Waals surface area contributed by atoms with E-state index in [2.05, 4.69) is 32.9 Å². The highest BCUT2D eigenvalue weighted by Crippen LogP contribution is 2.36. The molecule has 154 valence electrons. The van der Waals surface area contributed by atoms with Crippen molar-refractivity contribution in [2.75, 3.05) is 0 Å². The molecular weight excluding hydrogens is 396 g/mol. The molecule has 0 atom stereocenters. The van der Waals surface area contributed by atoms with Gasteiger partial charge >= 0.3 is 5.97 Å².